The van der Waals surface area contributed by atoms with Crippen molar-refractivity contribution in [1.29, 1.82) is 0 Å². The third-order valence-corrected chi connectivity index (χ3v) is 6.83. The van der Waals surface area contributed by atoms with Crippen molar-refractivity contribution in [2.24, 2.45) is 0 Å². The summed E-state index contributed by atoms with van der Waals surface area (Å²) < 4.78 is 32.1. The van der Waals surface area contributed by atoms with Gasteiger partial charge in [-0.15, -0.1) is 0 Å². The van der Waals surface area contributed by atoms with Gasteiger partial charge in [0.25, 0.3) is 0 Å². The summed E-state index contributed by atoms with van der Waals surface area (Å²) in [5, 5.41) is 21.4. The second kappa shape index (κ2) is 8.18. The molecule has 0 bridgehead atoms. The van der Waals surface area contributed by atoms with Gasteiger partial charge in [-0.3, -0.25) is 4.90 Å². The van der Waals surface area contributed by atoms with Gasteiger partial charge in [0.2, 0.25) is 10.0 Å². The Morgan fingerprint density at radius 2 is 1.82 bits per heavy atom. The predicted molar refractivity (Wildman–Crippen MR) is 105 cm³/mol. The second-order valence-corrected chi connectivity index (χ2v) is 9.15. The van der Waals surface area contributed by atoms with E-state index in [1.165, 1.54) is 12.1 Å². The van der Waals surface area contributed by atoms with Crippen LogP contribution in [0.3, 0.4) is 0 Å². The summed E-state index contributed by atoms with van der Waals surface area (Å²) in [6.45, 7) is 0.301. The molecule has 3 rings (SSSR count). The number of methoxy groups -OCH3 is 1. The van der Waals surface area contributed by atoms with E-state index < -0.39 is 21.7 Å². The number of ether oxygens (including phenoxy) is 1. The van der Waals surface area contributed by atoms with E-state index in [-0.39, 0.29) is 24.5 Å². The van der Waals surface area contributed by atoms with Crippen molar-refractivity contribution >= 4 is 10.0 Å². The number of β-amino-alcohol motifs (C(OH)–C–C–N with tert-alkyl or cyclic N) is 2. The van der Waals surface area contributed by atoms with Gasteiger partial charge in [-0.25, -0.2) is 8.42 Å². The maximum Gasteiger partial charge on any atom is 0.243 e. The normalized spacial score (nSPS) is 23.2. The molecule has 1 saturated heterocycles. The maximum absolute atomic E-state index is 12.8. The molecule has 1 aliphatic heterocycles. The lowest BCUT2D eigenvalue weighted by atomic mass is 9.99. The highest BCUT2D eigenvalue weighted by atomic mass is 32.2. The van der Waals surface area contributed by atoms with E-state index in [1.54, 1.807) is 25.3 Å². The van der Waals surface area contributed by atoms with Crippen molar-refractivity contribution in [2.45, 2.75) is 23.1 Å². The Bertz CT molecular complexity index is 906. The smallest absolute Gasteiger partial charge is 0.243 e. The van der Waals surface area contributed by atoms with Gasteiger partial charge >= 0.3 is 0 Å². The molecule has 1 aliphatic rings. The minimum atomic E-state index is -3.77. The lowest BCUT2D eigenvalue weighted by Gasteiger charge is -2.31. The molecule has 1 fully saturated rings. The van der Waals surface area contributed by atoms with Crippen molar-refractivity contribution in [1.82, 2.24) is 9.21 Å². The number of hydrogen-bond donors (Lipinski definition) is 2. The van der Waals surface area contributed by atoms with E-state index in [0.717, 1.165) is 15.6 Å². The van der Waals surface area contributed by atoms with Crippen LogP contribution in [0.4, 0.5) is 0 Å². The Kier molecular flexibility index (Phi) is 6.07. The van der Waals surface area contributed by atoms with Crippen molar-refractivity contribution < 1.29 is 23.4 Å². The average Bonchev–Trinajstić information content (AvgIpc) is 2.98. The minimum Gasteiger partial charge on any atom is -0.496 e. The lowest BCUT2D eigenvalue weighted by molar-refractivity contribution is -0.0584. The Balaban J connectivity index is 1.72. The SMILES string of the molecule is COc1ccccc1CN(C)C[C@]1(O)CN(S(=O)(=O)c2ccccc2)C[C@H]1O. The van der Waals surface area contributed by atoms with Crippen LogP contribution >= 0.6 is 0 Å². The van der Waals surface area contributed by atoms with Crippen LogP contribution in [0.15, 0.2) is 59.5 Å². The molecule has 2 atom stereocenters. The fourth-order valence-corrected chi connectivity index (χ4v) is 5.10. The number of benzene rings is 2. The zero-order valence-corrected chi connectivity index (χ0v) is 16.8. The van der Waals surface area contributed by atoms with Crippen LogP contribution in [0.1, 0.15) is 5.56 Å². The molecule has 2 aromatic carbocycles. The molecular formula is C20H26N2O5S. The highest BCUT2D eigenvalue weighted by Crippen LogP contribution is 2.29. The van der Waals surface area contributed by atoms with E-state index in [2.05, 4.69) is 0 Å². The number of likely N-dealkylation sites (N-methyl/N-ethyl adjacent to an activating group) is 1. The maximum atomic E-state index is 12.8. The molecule has 8 heteroatoms. The zero-order valence-electron chi connectivity index (χ0n) is 16.0. The van der Waals surface area contributed by atoms with Crippen molar-refractivity contribution in [3.05, 3.63) is 60.2 Å². The van der Waals surface area contributed by atoms with Gasteiger partial charge in [0.1, 0.15) is 11.4 Å². The Labute approximate surface area is 165 Å². The fraction of sp³-hybridized carbons (Fsp3) is 0.400. The van der Waals surface area contributed by atoms with Crippen molar-refractivity contribution in [3.63, 3.8) is 0 Å². The number of aliphatic hydroxyl groups excluding tert-OH is 1. The first-order valence-electron chi connectivity index (χ1n) is 9.02. The molecule has 28 heavy (non-hydrogen) atoms. The van der Waals surface area contributed by atoms with Gasteiger partial charge in [-0.05, 0) is 25.2 Å². The van der Waals surface area contributed by atoms with Crippen LogP contribution < -0.4 is 4.74 Å². The molecule has 2 aromatic rings. The third-order valence-electron chi connectivity index (χ3n) is 5.00. The standard InChI is InChI=1S/C20H26N2O5S/c1-21(12-16-8-6-7-11-18(16)27-2)14-20(24)15-22(13-19(20)23)28(25,26)17-9-4-3-5-10-17/h3-11,19,23-24H,12-15H2,1-2H3/t19-,20+/m1/s1. The van der Waals surface area contributed by atoms with Gasteiger partial charge in [-0.2, -0.15) is 4.31 Å². The van der Waals surface area contributed by atoms with Crippen molar-refractivity contribution in [3.8, 4) is 5.75 Å². The topological polar surface area (TPSA) is 90.3 Å². The summed E-state index contributed by atoms with van der Waals surface area (Å²) in [5.41, 5.74) is -0.615. The molecule has 7 nitrogen and oxygen atoms in total. The molecule has 0 saturated carbocycles. The van der Waals surface area contributed by atoms with Crippen molar-refractivity contribution in [2.75, 3.05) is 33.8 Å². The fourth-order valence-electron chi connectivity index (χ4n) is 3.57. The number of aliphatic hydroxyl groups is 2. The monoisotopic (exact) mass is 406 g/mol. The van der Waals surface area contributed by atoms with Gasteiger partial charge < -0.3 is 14.9 Å². The first-order chi connectivity index (χ1) is 13.3. The Morgan fingerprint density at radius 1 is 1.18 bits per heavy atom. The molecule has 0 spiro atoms. The highest BCUT2D eigenvalue weighted by molar-refractivity contribution is 7.89. The highest BCUT2D eigenvalue weighted by Gasteiger charge is 2.49. The lowest BCUT2D eigenvalue weighted by Crippen LogP contribution is -2.50. The zero-order chi connectivity index (χ0) is 20.4. The quantitative estimate of drug-likeness (QED) is 0.711. The summed E-state index contributed by atoms with van der Waals surface area (Å²) in [6.07, 6.45) is -1.17. The molecule has 152 valence electrons. The van der Waals surface area contributed by atoms with Crippen LogP contribution in [0.2, 0.25) is 0 Å². The third kappa shape index (κ3) is 4.21. The van der Waals surface area contributed by atoms with E-state index >= 15 is 0 Å². The molecular weight excluding hydrogens is 380 g/mol. The van der Waals surface area contributed by atoms with E-state index in [0.29, 0.717) is 6.54 Å². The number of sulfonamides is 1. The molecule has 0 radical (unpaired) electrons. The number of hydrogen-bond acceptors (Lipinski definition) is 6. The summed E-state index contributed by atoms with van der Waals surface area (Å²) in [5.74, 6) is 0.738. The Hall–Kier alpha value is -1.97. The molecule has 2 N–H and O–H groups in total. The van der Waals surface area contributed by atoms with Crippen LogP contribution in [-0.4, -0.2) is 73.3 Å². The van der Waals surface area contributed by atoms with Gasteiger partial charge in [0.15, 0.2) is 0 Å². The van der Waals surface area contributed by atoms with Crippen LogP contribution in [0, 0.1) is 0 Å². The van der Waals surface area contributed by atoms with Gasteiger partial charge in [0.05, 0.1) is 18.1 Å². The number of rotatable bonds is 7. The van der Waals surface area contributed by atoms with Gasteiger partial charge in [-0.1, -0.05) is 36.4 Å². The molecule has 0 aromatic heterocycles. The molecule has 1 heterocycles. The molecule has 0 aliphatic carbocycles. The van der Waals surface area contributed by atoms with Crippen LogP contribution in [-0.2, 0) is 16.6 Å². The van der Waals surface area contributed by atoms with E-state index in [1.807, 2.05) is 36.2 Å². The Morgan fingerprint density at radius 3 is 2.50 bits per heavy atom. The number of para-hydroxylation sites is 1. The predicted octanol–water partition coefficient (Wildman–Crippen LogP) is 0.923. The first kappa shape index (κ1) is 20.8. The summed E-state index contributed by atoms with van der Waals surface area (Å²) in [6, 6.07) is 15.6. The van der Waals surface area contributed by atoms with Crippen LogP contribution in [0.25, 0.3) is 0 Å². The minimum absolute atomic E-state index is 0.118. The van der Waals surface area contributed by atoms with Crippen LogP contribution in [0.5, 0.6) is 5.75 Å². The van der Waals surface area contributed by atoms with E-state index in [4.69, 9.17) is 4.74 Å². The summed E-state index contributed by atoms with van der Waals surface area (Å²) in [4.78, 5) is 1.99. The summed E-state index contributed by atoms with van der Waals surface area (Å²) >= 11 is 0. The molecule has 0 amide bonds. The average molecular weight is 407 g/mol. The largest absolute Gasteiger partial charge is 0.496 e. The summed E-state index contributed by atoms with van der Waals surface area (Å²) in [7, 11) is -0.366. The first-order valence-corrected chi connectivity index (χ1v) is 10.5. The van der Waals surface area contributed by atoms with E-state index in [9.17, 15) is 18.6 Å². The van der Waals surface area contributed by atoms with Gasteiger partial charge in [0, 0.05) is 31.7 Å². The molecule has 0 unspecified atom stereocenters. The second-order valence-electron chi connectivity index (χ2n) is 7.21. The number of nitrogens with zero attached hydrogens (tertiary/aromatic N) is 2.